The second-order valence-corrected chi connectivity index (χ2v) is 6.53. The van der Waals surface area contributed by atoms with Crippen molar-refractivity contribution in [1.29, 1.82) is 0 Å². The van der Waals surface area contributed by atoms with Gasteiger partial charge < -0.3 is 10.2 Å². The maximum Gasteiger partial charge on any atom is 0.0455 e. The largest absolute Gasteiger partial charge is 0.368 e. The van der Waals surface area contributed by atoms with Gasteiger partial charge in [-0.25, -0.2) is 0 Å². The third-order valence-electron chi connectivity index (χ3n) is 4.71. The first-order valence-corrected chi connectivity index (χ1v) is 7.83. The number of benzene rings is 1. The van der Waals surface area contributed by atoms with Crippen molar-refractivity contribution >= 4 is 17.3 Å². The summed E-state index contributed by atoms with van der Waals surface area (Å²) < 4.78 is 0. The first-order valence-electron chi connectivity index (χ1n) is 7.45. The summed E-state index contributed by atoms with van der Waals surface area (Å²) >= 11 is 6.27. The van der Waals surface area contributed by atoms with E-state index in [4.69, 9.17) is 11.6 Å². The predicted molar refractivity (Wildman–Crippen MR) is 82.2 cm³/mol. The molecule has 1 aromatic carbocycles. The van der Waals surface area contributed by atoms with E-state index in [-0.39, 0.29) is 0 Å². The van der Waals surface area contributed by atoms with Crippen molar-refractivity contribution in [3.8, 4) is 0 Å². The highest BCUT2D eigenvalue weighted by Gasteiger charge is 2.36. The van der Waals surface area contributed by atoms with Crippen LogP contribution in [0.4, 0.5) is 5.69 Å². The Balaban J connectivity index is 1.78. The van der Waals surface area contributed by atoms with Crippen molar-refractivity contribution in [2.24, 2.45) is 0 Å². The maximum atomic E-state index is 6.27. The molecule has 1 aliphatic heterocycles. The highest BCUT2D eigenvalue weighted by atomic mass is 35.5. The molecular formula is C16H23ClN2. The molecule has 1 saturated heterocycles. The van der Waals surface area contributed by atoms with Gasteiger partial charge in [0.15, 0.2) is 0 Å². The second-order valence-electron chi connectivity index (χ2n) is 6.12. The molecule has 3 rings (SSSR count). The second kappa shape index (κ2) is 5.34. The van der Waals surface area contributed by atoms with Gasteiger partial charge >= 0.3 is 0 Å². The molecular weight excluding hydrogens is 256 g/mol. The van der Waals surface area contributed by atoms with E-state index < -0.39 is 0 Å². The summed E-state index contributed by atoms with van der Waals surface area (Å²) in [5, 5.41) is 4.67. The van der Waals surface area contributed by atoms with Crippen LogP contribution in [0.2, 0.25) is 5.02 Å². The van der Waals surface area contributed by atoms with Gasteiger partial charge in [-0.2, -0.15) is 0 Å². The predicted octanol–water partition coefficient (Wildman–Crippen LogP) is 3.76. The molecule has 1 aliphatic carbocycles. The van der Waals surface area contributed by atoms with Gasteiger partial charge in [0.25, 0.3) is 0 Å². The van der Waals surface area contributed by atoms with Crippen LogP contribution in [0.1, 0.15) is 37.7 Å². The summed E-state index contributed by atoms with van der Waals surface area (Å²) in [6, 6.07) is 6.47. The normalized spacial score (nSPS) is 22.7. The van der Waals surface area contributed by atoms with Crippen molar-refractivity contribution in [1.82, 2.24) is 5.32 Å². The number of aryl methyl sites for hydroxylation is 1. The van der Waals surface area contributed by atoms with Gasteiger partial charge in [-0.15, -0.1) is 0 Å². The fourth-order valence-corrected chi connectivity index (χ4v) is 3.69. The van der Waals surface area contributed by atoms with E-state index in [0.29, 0.717) is 5.54 Å². The van der Waals surface area contributed by atoms with Gasteiger partial charge in [0.2, 0.25) is 0 Å². The minimum atomic E-state index is 0.355. The van der Waals surface area contributed by atoms with Gasteiger partial charge in [-0.1, -0.05) is 36.9 Å². The van der Waals surface area contributed by atoms with Crippen LogP contribution in [-0.4, -0.2) is 25.2 Å². The van der Waals surface area contributed by atoms with Crippen molar-refractivity contribution in [2.75, 3.05) is 24.5 Å². The molecule has 0 aromatic heterocycles. The molecule has 0 atom stereocenters. The third-order valence-corrected chi connectivity index (χ3v) is 5.11. The summed E-state index contributed by atoms with van der Waals surface area (Å²) in [4.78, 5) is 2.51. The number of piperazine rings is 1. The fourth-order valence-electron chi connectivity index (χ4n) is 3.52. The van der Waals surface area contributed by atoms with Crippen LogP contribution >= 0.6 is 11.6 Å². The standard InChI is InChI=1S/C16H23ClN2/c1-13-5-6-14(11-15(13)17)19-10-9-18-16(12-19)7-3-2-4-8-16/h5-6,11,18H,2-4,7-10,12H2,1H3. The molecule has 19 heavy (non-hydrogen) atoms. The van der Waals surface area contributed by atoms with Crippen LogP contribution in [0.15, 0.2) is 18.2 Å². The zero-order valence-electron chi connectivity index (χ0n) is 11.7. The SMILES string of the molecule is Cc1ccc(N2CCNC3(CCCCC3)C2)cc1Cl. The smallest absolute Gasteiger partial charge is 0.0455 e. The molecule has 1 saturated carbocycles. The van der Waals surface area contributed by atoms with E-state index in [9.17, 15) is 0 Å². The molecule has 0 unspecified atom stereocenters. The van der Waals surface area contributed by atoms with Gasteiger partial charge in [-0.05, 0) is 37.5 Å². The van der Waals surface area contributed by atoms with E-state index in [1.165, 1.54) is 37.8 Å². The summed E-state index contributed by atoms with van der Waals surface area (Å²) in [5.41, 5.74) is 2.79. The van der Waals surface area contributed by atoms with Crippen LogP contribution in [0.5, 0.6) is 0 Å². The van der Waals surface area contributed by atoms with Crippen molar-refractivity contribution < 1.29 is 0 Å². The van der Waals surface area contributed by atoms with Crippen LogP contribution in [-0.2, 0) is 0 Å². The molecule has 1 N–H and O–H groups in total. The Labute approximate surface area is 121 Å². The average Bonchev–Trinajstić information content (AvgIpc) is 2.43. The molecule has 3 heteroatoms. The van der Waals surface area contributed by atoms with E-state index >= 15 is 0 Å². The van der Waals surface area contributed by atoms with Gasteiger partial charge in [0, 0.05) is 35.9 Å². The first kappa shape index (κ1) is 13.3. The molecule has 1 heterocycles. The molecule has 0 amide bonds. The number of rotatable bonds is 1. The van der Waals surface area contributed by atoms with E-state index in [1.807, 2.05) is 0 Å². The Hall–Kier alpha value is -0.730. The lowest BCUT2D eigenvalue weighted by Crippen LogP contribution is -2.61. The highest BCUT2D eigenvalue weighted by Crippen LogP contribution is 2.33. The Morgan fingerprint density at radius 2 is 2.00 bits per heavy atom. The van der Waals surface area contributed by atoms with Crippen LogP contribution < -0.4 is 10.2 Å². The van der Waals surface area contributed by atoms with Crippen molar-refractivity contribution in [2.45, 2.75) is 44.6 Å². The van der Waals surface area contributed by atoms with Crippen molar-refractivity contribution in [3.63, 3.8) is 0 Å². The molecule has 1 spiro atoms. The first-order chi connectivity index (χ1) is 9.19. The summed E-state index contributed by atoms with van der Waals surface area (Å²) in [5.74, 6) is 0. The molecule has 0 bridgehead atoms. The quantitative estimate of drug-likeness (QED) is 0.841. The monoisotopic (exact) mass is 278 g/mol. The number of anilines is 1. The molecule has 1 aromatic rings. The van der Waals surface area contributed by atoms with E-state index in [0.717, 1.165) is 30.2 Å². The molecule has 104 valence electrons. The zero-order chi connectivity index (χ0) is 13.3. The number of nitrogens with zero attached hydrogens (tertiary/aromatic N) is 1. The summed E-state index contributed by atoms with van der Waals surface area (Å²) in [7, 11) is 0. The van der Waals surface area contributed by atoms with Gasteiger partial charge in [-0.3, -0.25) is 0 Å². The summed E-state index contributed by atoms with van der Waals surface area (Å²) in [6.45, 7) is 5.37. The Bertz CT molecular complexity index is 447. The Morgan fingerprint density at radius 1 is 1.21 bits per heavy atom. The van der Waals surface area contributed by atoms with Crippen molar-refractivity contribution in [3.05, 3.63) is 28.8 Å². The van der Waals surface area contributed by atoms with Crippen LogP contribution in [0.3, 0.4) is 0 Å². The average molecular weight is 279 g/mol. The fraction of sp³-hybridized carbons (Fsp3) is 0.625. The lowest BCUT2D eigenvalue weighted by Gasteiger charge is -2.47. The van der Waals surface area contributed by atoms with Crippen LogP contribution in [0, 0.1) is 6.92 Å². The third kappa shape index (κ3) is 2.75. The lowest BCUT2D eigenvalue weighted by atomic mass is 9.80. The minimum absolute atomic E-state index is 0.355. The molecule has 0 radical (unpaired) electrons. The topological polar surface area (TPSA) is 15.3 Å². The maximum absolute atomic E-state index is 6.27. The Kier molecular flexibility index (Phi) is 3.72. The number of halogens is 1. The number of nitrogens with one attached hydrogen (secondary N) is 1. The highest BCUT2D eigenvalue weighted by molar-refractivity contribution is 6.31. The molecule has 2 fully saturated rings. The van der Waals surface area contributed by atoms with Gasteiger partial charge in [0.05, 0.1) is 0 Å². The van der Waals surface area contributed by atoms with E-state index in [1.54, 1.807) is 0 Å². The van der Waals surface area contributed by atoms with Gasteiger partial charge in [0.1, 0.15) is 0 Å². The molecule has 2 aliphatic rings. The Morgan fingerprint density at radius 3 is 2.74 bits per heavy atom. The zero-order valence-corrected chi connectivity index (χ0v) is 12.5. The minimum Gasteiger partial charge on any atom is -0.368 e. The summed E-state index contributed by atoms with van der Waals surface area (Å²) in [6.07, 6.45) is 6.79. The number of hydrogen-bond donors (Lipinski definition) is 1. The lowest BCUT2D eigenvalue weighted by molar-refractivity contribution is 0.216. The van der Waals surface area contributed by atoms with Crippen LogP contribution in [0.25, 0.3) is 0 Å². The van der Waals surface area contributed by atoms with E-state index in [2.05, 4.69) is 35.3 Å². The number of hydrogen-bond acceptors (Lipinski definition) is 2. The molecule has 2 nitrogen and oxygen atoms in total.